The number of pyridine rings is 1. The van der Waals surface area contributed by atoms with Gasteiger partial charge in [0.25, 0.3) is 11.8 Å². The van der Waals surface area contributed by atoms with Gasteiger partial charge in [-0.1, -0.05) is 48.5 Å². The number of carbonyl (C=O) groups excluding carboxylic acids is 2. The monoisotopic (exact) mass is 487 g/mol. The zero-order valence-electron chi connectivity index (χ0n) is 20.6. The number of nitrogens with zero attached hydrogens (tertiary/aromatic N) is 4. The lowest BCUT2D eigenvalue weighted by Gasteiger charge is -2.17. The highest BCUT2D eigenvalue weighted by Crippen LogP contribution is 2.30. The SMILES string of the molecule is Cc1nn(C)c2nc(-c3ccccc3)cc(C(=O)Nc3ccc(C(=O)N4CCc5ccccc54)cc3)c12. The van der Waals surface area contributed by atoms with Crippen molar-refractivity contribution in [2.45, 2.75) is 13.3 Å². The van der Waals surface area contributed by atoms with Crippen LogP contribution in [-0.4, -0.2) is 33.1 Å². The molecule has 3 heterocycles. The molecule has 1 aliphatic rings. The van der Waals surface area contributed by atoms with Gasteiger partial charge in [-0.15, -0.1) is 0 Å². The maximum Gasteiger partial charge on any atom is 0.258 e. The number of benzene rings is 3. The van der Waals surface area contributed by atoms with Crippen LogP contribution in [0.3, 0.4) is 0 Å². The number of rotatable bonds is 4. The summed E-state index contributed by atoms with van der Waals surface area (Å²) in [7, 11) is 1.83. The van der Waals surface area contributed by atoms with Crippen molar-refractivity contribution in [2.75, 3.05) is 16.8 Å². The molecule has 0 radical (unpaired) electrons. The van der Waals surface area contributed by atoms with Gasteiger partial charge in [-0.3, -0.25) is 14.3 Å². The first-order chi connectivity index (χ1) is 18.0. The maximum absolute atomic E-state index is 13.5. The highest BCUT2D eigenvalue weighted by Gasteiger charge is 2.25. The topological polar surface area (TPSA) is 80.1 Å². The molecule has 182 valence electrons. The van der Waals surface area contributed by atoms with E-state index in [-0.39, 0.29) is 11.8 Å². The predicted octanol–water partition coefficient (Wildman–Crippen LogP) is 5.40. The van der Waals surface area contributed by atoms with Gasteiger partial charge in [0.1, 0.15) is 0 Å². The number of aryl methyl sites for hydroxylation is 2. The number of hydrogen-bond acceptors (Lipinski definition) is 4. The summed E-state index contributed by atoms with van der Waals surface area (Å²) < 4.78 is 1.70. The van der Waals surface area contributed by atoms with Gasteiger partial charge in [-0.05, 0) is 55.3 Å². The average Bonchev–Trinajstić information content (AvgIpc) is 3.49. The van der Waals surface area contributed by atoms with Crippen LogP contribution in [0.15, 0.2) is 84.9 Å². The summed E-state index contributed by atoms with van der Waals surface area (Å²) in [6.07, 6.45) is 0.856. The molecule has 7 nitrogen and oxygen atoms in total. The van der Waals surface area contributed by atoms with E-state index < -0.39 is 0 Å². The van der Waals surface area contributed by atoms with E-state index in [0.717, 1.165) is 28.8 Å². The summed E-state index contributed by atoms with van der Waals surface area (Å²) in [4.78, 5) is 33.2. The van der Waals surface area contributed by atoms with Crippen molar-refractivity contribution in [1.29, 1.82) is 0 Å². The Labute approximate surface area is 214 Å². The smallest absolute Gasteiger partial charge is 0.258 e. The Morgan fingerprint density at radius 3 is 2.43 bits per heavy atom. The van der Waals surface area contributed by atoms with Gasteiger partial charge in [0.15, 0.2) is 5.65 Å². The molecular weight excluding hydrogens is 462 g/mol. The van der Waals surface area contributed by atoms with Crippen LogP contribution in [0.5, 0.6) is 0 Å². The summed E-state index contributed by atoms with van der Waals surface area (Å²) >= 11 is 0. The summed E-state index contributed by atoms with van der Waals surface area (Å²) in [6, 6.07) is 26.6. The van der Waals surface area contributed by atoms with Gasteiger partial charge in [0.05, 0.1) is 22.3 Å². The van der Waals surface area contributed by atoms with Gasteiger partial charge >= 0.3 is 0 Å². The first-order valence-corrected chi connectivity index (χ1v) is 12.2. The third kappa shape index (κ3) is 4.04. The van der Waals surface area contributed by atoms with Gasteiger partial charge in [0, 0.05) is 36.1 Å². The van der Waals surface area contributed by atoms with Crippen LogP contribution in [0.4, 0.5) is 11.4 Å². The van der Waals surface area contributed by atoms with Crippen molar-refractivity contribution in [1.82, 2.24) is 14.8 Å². The van der Waals surface area contributed by atoms with Gasteiger partial charge < -0.3 is 10.2 Å². The predicted molar refractivity (Wildman–Crippen MR) is 145 cm³/mol. The number of hydrogen-bond donors (Lipinski definition) is 1. The minimum absolute atomic E-state index is 0.0443. The molecule has 2 amide bonds. The van der Waals surface area contributed by atoms with Crippen molar-refractivity contribution < 1.29 is 9.59 Å². The number of amides is 2. The molecule has 0 atom stereocenters. The number of aromatic nitrogens is 3. The Balaban J connectivity index is 1.28. The number of para-hydroxylation sites is 1. The minimum Gasteiger partial charge on any atom is -0.322 e. The molecule has 6 rings (SSSR count). The van der Waals surface area contributed by atoms with E-state index in [4.69, 9.17) is 4.98 Å². The quantitative estimate of drug-likeness (QED) is 0.368. The second-order valence-electron chi connectivity index (χ2n) is 9.20. The summed E-state index contributed by atoms with van der Waals surface area (Å²) in [6.45, 7) is 2.54. The third-order valence-corrected chi connectivity index (χ3v) is 6.80. The van der Waals surface area contributed by atoms with Crippen molar-refractivity contribution in [3.05, 3.63) is 107 Å². The Bertz CT molecular complexity index is 1660. The molecule has 0 unspecified atom stereocenters. The lowest BCUT2D eigenvalue weighted by molar-refractivity contribution is 0.0988. The molecule has 2 aromatic heterocycles. The lowest BCUT2D eigenvalue weighted by Crippen LogP contribution is -2.28. The van der Waals surface area contributed by atoms with Crippen molar-refractivity contribution in [3.63, 3.8) is 0 Å². The van der Waals surface area contributed by atoms with Gasteiger partial charge in [-0.2, -0.15) is 5.10 Å². The molecule has 1 N–H and O–H groups in total. The fourth-order valence-corrected chi connectivity index (χ4v) is 4.98. The van der Waals surface area contributed by atoms with Crippen LogP contribution in [0, 0.1) is 6.92 Å². The highest BCUT2D eigenvalue weighted by atomic mass is 16.2. The largest absolute Gasteiger partial charge is 0.322 e. The standard InChI is InChI=1S/C30H25N5O2/c1-19-27-24(18-25(20-8-4-3-5-9-20)32-28(27)34(2)33-19)29(36)31-23-14-12-22(13-15-23)30(37)35-17-16-21-10-6-7-11-26(21)35/h3-15,18H,16-17H2,1-2H3,(H,31,36). The molecule has 5 aromatic rings. The van der Waals surface area contributed by atoms with E-state index in [1.54, 1.807) is 28.9 Å². The second-order valence-corrected chi connectivity index (χ2v) is 9.20. The van der Waals surface area contributed by atoms with E-state index in [0.29, 0.717) is 34.7 Å². The Hall–Kier alpha value is -4.78. The number of fused-ring (bicyclic) bond motifs is 2. The van der Waals surface area contributed by atoms with Crippen LogP contribution in [-0.2, 0) is 13.5 Å². The summed E-state index contributed by atoms with van der Waals surface area (Å²) in [5.41, 5.74) is 6.85. The zero-order chi connectivity index (χ0) is 25.5. The van der Waals surface area contributed by atoms with Gasteiger partial charge in [-0.25, -0.2) is 4.98 Å². The summed E-state index contributed by atoms with van der Waals surface area (Å²) in [5.74, 6) is -0.301. The highest BCUT2D eigenvalue weighted by molar-refractivity contribution is 6.13. The Morgan fingerprint density at radius 2 is 1.65 bits per heavy atom. The van der Waals surface area contributed by atoms with Crippen LogP contribution in [0.1, 0.15) is 32.0 Å². The van der Waals surface area contributed by atoms with Crippen LogP contribution >= 0.6 is 0 Å². The first kappa shape index (κ1) is 22.7. The number of nitrogens with one attached hydrogen (secondary N) is 1. The number of anilines is 2. The fourth-order valence-electron chi connectivity index (χ4n) is 4.98. The molecule has 37 heavy (non-hydrogen) atoms. The van der Waals surface area contributed by atoms with Gasteiger partial charge in [0.2, 0.25) is 0 Å². The average molecular weight is 488 g/mol. The Kier molecular flexibility index (Phi) is 5.53. The lowest BCUT2D eigenvalue weighted by atomic mass is 10.0. The second kappa shape index (κ2) is 9.02. The van der Waals surface area contributed by atoms with E-state index in [2.05, 4.69) is 16.5 Å². The molecule has 0 saturated heterocycles. The van der Waals surface area contributed by atoms with Crippen molar-refractivity contribution >= 4 is 34.2 Å². The third-order valence-electron chi connectivity index (χ3n) is 6.80. The molecule has 1 aliphatic heterocycles. The fraction of sp³-hybridized carbons (Fsp3) is 0.133. The molecule has 0 spiro atoms. The van der Waals surface area contributed by atoms with E-state index in [9.17, 15) is 9.59 Å². The molecule has 7 heteroatoms. The maximum atomic E-state index is 13.5. The molecule has 0 bridgehead atoms. The van der Waals surface area contributed by atoms with Crippen LogP contribution in [0.2, 0.25) is 0 Å². The number of carbonyl (C=O) groups is 2. The normalized spacial score (nSPS) is 12.5. The molecule has 0 aliphatic carbocycles. The molecule has 0 saturated carbocycles. The van der Waals surface area contributed by atoms with E-state index in [1.165, 1.54) is 5.56 Å². The molecule has 3 aromatic carbocycles. The van der Waals surface area contributed by atoms with Crippen molar-refractivity contribution in [2.24, 2.45) is 7.05 Å². The van der Waals surface area contributed by atoms with E-state index >= 15 is 0 Å². The molecule has 0 fully saturated rings. The van der Waals surface area contributed by atoms with E-state index in [1.807, 2.05) is 73.5 Å². The van der Waals surface area contributed by atoms with Crippen LogP contribution < -0.4 is 10.2 Å². The van der Waals surface area contributed by atoms with Crippen molar-refractivity contribution in [3.8, 4) is 11.3 Å². The first-order valence-electron chi connectivity index (χ1n) is 12.2. The van der Waals surface area contributed by atoms with Crippen LogP contribution in [0.25, 0.3) is 22.3 Å². The summed E-state index contributed by atoms with van der Waals surface area (Å²) in [5, 5.41) is 8.20. The zero-order valence-corrected chi connectivity index (χ0v) is 20.6. The Morgan fingerprint density at radius 1 is 0.919 bits per heavy atom. The molecular formula is C30H25N5O2. The minimum atomic E-state index is -0.256.